The first-order valence-corrected chi connectivity index (χ1v) is 7.91. The van der Waals surface area contributed by atoms with Crippen molar-refractivity contribution in [2.75, 3.05) is 18.9 Å². The van der Waals surface area contributed by atoms with Gasteiger partial charge in [0, 0.05) is 19.8 Å². The fourth-order valence-electron chi connectivity index (χ4n) is 1.77. The van der Waals surface area contributed by atoms with Crippen molar-refractivity contribution in [2.45, 2.75) is 18.4 Å². The average molecular weight is 307 g/mol. The SMILES string of the molecule is CCN(Cc1ccccn1)S(=O)(=O)c1cnc(NC)nc1. The summed E-state index contributed by atoms with van der Waals surface area (Å²) in [7, 11) is -1.96. The van der Waals surface area contributed by atoms with Gasteiger partial charge in [-0.15, -0.1) is 0 Å². The summed E-state index contributed by atoms with van der Waals surface area (Å²) >= 11 is 0. The average Bonchev–Trinajstić information content (AvgIpc) is 2.53. The van der Waals surface area contributed by atoms with Crippen LogP contribution in [0.15, 0.2) is 41.7 Å². The highest BCUT2D eigenvalue weighted by atomic mass is 32.2. The molecular weight excluding hydrogens is 290 g/mol. The van der Waals surface area contributed by atoms with E-state index in [1.54, 1.807) is 32.3 Å². The van der Waals surface area contributed by atoms with E-state index in [0.29, 0.717) is 18.2 Å². The molecule has 2 heterocycles. The van der Waals surface area contributed by atoms with Gasteiger partial charge in [0.2, 0.25) is 16.0 Å². The van der Waals surface area contributed by atoms with E-state index in [4.69, 9.17) is 0 Å². The maximum Gasteiger partial charge on any atom is 0.246 e. The summed E-state index contributed by atoms with van der Waals surface area (Å²) in [5.74, 6) is 0.377. The molecule has 112 valence electrons. The van der Waals surface area contributed by atoms with Gasteiger partial charge in [-0.1, -0.05) is 13.0 Å². The van der Waals surface area contributed by atoms with Gasteiger partial charge in [-0.05, 0) is 12.1 Å². The van der Waals surface area contributed by atoms with Crippen molar-refractivity contribution >= 4 is 16.0 Å². The minimum Gasteiger partial charge on any atom is -0.357 e. The second-order valence-corrected chi connectivity index (χ2v) is 6.18. The third kappa shape index (κ3) is 3.53. The van der Waals surface area contributed by atoms with Crippen molar-refractivity contribution in [3.63, 3.8) is 0 Å². The molecule has 0 aliphatic carbocycles. The summed E-state index contributed by atoms with van der Waals surface area (Å²) in [6.07, 6.45) is 4.24. The van der Waals surface area contributed by atoms with Crippen LogP contribution in [0.4, 0.5) is 5.95 Å². The van der Waals surface area contributed by atoms with Crippen molar-refractivity contribution in [1.29, 1.82) is 0 Å². The van der Waals surface area contributed by atoms with Crippen LogP contribution < -0.4 is 5.32 Å². The van der Waals surface area contributed by atoms with Crippen LogP contribution >= 0.6 is 0 Å². The fraction of sp³-hybridized carbons (Fsp3) is 0.308. The van der Waals surface area contributed by atoms with Crippen molar-refractivity contribution in [3.05, 3.63) is 42.5 Å². The number of nitrogens with zero attached hydrogens (tertiary/aromatic N) is 4. The molecule has 8 heteroatoms. The van der Waals surface area contributed by atoms with E-state index in [9.17, 15) is 8.42 Å². The molecular formula is C13H17N5O2S. The third-order valence-corrected chi connectivity index (χ3v) is 4.78. The van der Waals surface area contributed by atoms with Gasteiger partial charge in [-0.25, -0.2) is 18.4 Å². The van der Waals surface area contributed by atoms with Crippen molar-refractivity contribution < 1.29 is 8.42 Å². The van der Waals surface area contributed by atoms with Gasteiger partial charge in [0.15, 0.2) is 0 Å². The number of hydrogen-bond donors (Lipinski definition) is 1. The smallest absolute Gasteiger partial charge is 0.246 e. The van der Waals surface area contributed by atoms with Gasteiger partial charge < -0.3 is 5.32 Å². The van der Waals surface area contributed by atoms with Crippen LogP contribution in [0, 0.1) is 0 Å². The quantitative estimate of drug-likeness (QED) is 0.860. The number of sulfonamides is 1. The standard InChI is InChI=1S/C13H17N5O2S/c1-3-18(10-11-6-4-5-7-15-11)21(19,20)12-8-16-13(14-2)17-9-12/h4-9H,3,10H2,1-2H3,(H,14,16,17). The highest BCUT2D eigenvalue weighted by molar-refractivity contribution is 7.89. The second-order valence-electron chi connectivity index (χ2n) is 4.24. The van der Waals surface area contributed by atoms with Crippen LogP contribution in [-0.2, 0) is 16.6 Å². The summed E-state index contributed by atoms with van der Waals surface area (Å²) < 4.78 is 26.5. The van der Waals surface area contributed by atoms with Gasteiger partial charge in [0.25, 0.3) is 0 Å². The number of hydrogen-bond acceptors (Lipinski definition) is 6. The molecule has 21 heavy (non-hydrogen) atoms. The van der Waals surface area contributed by atoms with Crippen LogP contribution in [0.25, 0.3) is 0 Å². The lowest BCUT2D eigenvalue weighted by Gasteiger charge is -2.19. The Morgan fingerprint density at radius 2 is 1.90 bits per heavy atom. The second kappa shape index (κ2) is 6.59. The molecule has 2 rings (SSSR count). The number of pyridine rings is 1. The summed E-state index contributed by atoms with van der Waals surface area (Å²) in [6.45, 7) is 2.34. The number of anilines is 1. The molecule has 0 aliphatic heterocycles. The maximum absolute atomic E-state index is 12.6. The minimum absolute atomic E-state index is 0.0688. The Balaban J connectivity index is 2.26. The van der Waals surface area contributed by atoms with Gasteiger partial charge in [-0.2, -0.15) is 4.31 Å². The maximum atomic E-state index is 12.6. The molecule has 1 N–H and O–H groups in total. The lowest BCUT2D eigenvalue weighted by Crippen LogP contribution is -2.31. The lowest BCUT2D eigenvalue weighted by atomic mass is 10.3. The summed E-state index contributed by atoms with van der Waals surface area (Å²) in [4.78, 5) is 12.1. The largest absolute Gasteiger partial charge is 0.357 e. The lowest BCUT2D eigenvalue weighted by molar-refractivity contribution is 0.418. The van der Waals surface area contributed by atoms with E-state index >= 15 is 0 Å². The van der Waals surface area contributed by atoms with Gasteiger partial charge in [0.1, 0.15) is 4.90 Å². The fourth-order valence-corrected chi connectivity index (χ4v) is 3.08. The highest BCUT2D eigenvalue weighted by Gasteiger charge is 2.24. The van der Waals surface area contributed by atoms with Crippen LogP contribution in [0.2, 0.25) is 0 Å². The Morgan fingerprint density at radius 3 is 2.43 bits per heavy atom. The molecule has 2 aromatic rings. The van der Waals surface area contributed by atoms with Gasteiger partial charge in [0.05, 0.1) is 24.6 Å². The molecule has 0 amide bonds. The zero-order chi connectivity index (χ0) is 15.3. The van der Waals surface area contributed by atoms with E-state index in [0.717, 1.165) is 0 Å². The normalized spacial score (nSPS) is 11.6. The predicted octanol–water partition coefficient (Wildman–Crippen LogP) is 1.12. The molecule has 2 aromatic heterocycles. The predicted molar refractivity (Wildman–Crippen MR) is 79.1 cm³/mol. The van der Waals surface area contributed by atoms with Crippen LogP contribution in [0.1, 0.15) is 12.6 Å². The Bertz CT molecular complexity index is 673. The van der Waals surface area contributed by atoms with E-state index in [2.05, 4.69) is 20.3 Å². The molecule has 0 radical (unpaired) electrons. The van der Waals surface area contributed by atoms with Crippen molar-refractivity contribution in [1.82, 2.24) is 19.3 Å². The summed E-state index contributed by atoms with van der Waals surface area (Å²) in [5, 5.41) is 2.75. The zero-order valence-electron chi connectivity index (χ0n) is 11.9. The molecule has 0 atom stereocenters. The van der Waals surface area contributed by atoms with Crippen LogP contribution in [0.3, 0.4) is 0 Å². The van der Waals surface area contributed by atoms with Crippen molar-refractivity contribution in [2.24, 2.45) is 0 Å². The number of rotatable bonds is 6. The molecule has 0 saturated carbocycles. The topological polar surface area (TPSA) is 88.1 Å². The molecule has 0 fully saturated rings. The molecule has 7 nitrogen and oxygen atoms in total. The molecule has 0 aliphatic rings. The molecule has 0 spiro atoms. The first-order valence-electron chi connectivity index (χ1n) is 6.47. The molecule has 0 saturated heterocycles. The Labute approximate surface area is 124 Å². The van der Waals surface area contributed by atoms with Crippen molar-refractivity contribution in [3.8, 4) is 0 Å². The number of nitrogens with one attached hydrogen (secondary N) is 1. The molecule has 0 aromatic carbocycles. The monoisotopic (exact) mass is 307 g/mol. The Hall–Kier alpha value is -2.06. The van der Waals surface area contributed by atoms with E-state index < -0.39 is 10.0 Å². The third-order valence-electron chi connectivity index (χ3n) is 2.91. The van der Waals surface area contributed by atoms with E-state index in [1.165, 1.54) is 16.7 Å². The van der Waals surface area contributed by atoms with E-state index in [1.807, 2.05) is 6.07 Å². The zero-order valence-corrected chi connectivity index (χ0v) is 12.7. The Morgan fingerprint density at radius 1 is 1.19 bits per heavy atom. The van der Waals surface area contributed by atoms with Crippen LogP contribution in [0.5, 0.6) is 0 Å². The summed E-state index contributed by atoms with van der Waals surface area (Å²) in [6, 6.07) is 5.41. The number of aromatic nitrogens is 3. The van der Waals surface area contributed by atoms with Gasteiger partial charge >= 0.3 is 0 Å². The molecule has 0 bridgehead atoms. The highest BCUT2D eigenvalue weighted by Crippen LogP contribution is 2.16. The van der Waals surface area contributed by atoms with Crippen LogP contribution in [-0.4, -0.2) is 41.3 Å². The molecule has 0 unspecified atom stereocenters. The van der Waals surface area contributed by atoms with E-state index in [-0.39, 0.29) is 11.4 Å². The minimum atomic E-state index is -3.63. The first-order chi connectivity index (χ1) is 10.1. The van der Waals surface area contributed by atoms with Gasteiger partial charge in [-0.3, -0.25) is 4.98 Å². The summed E-state index contributed by atoms with van der Waals surface area (Å²) in [5.41, 5.74) is 0.690. The first kappa shape index (κ1) is 15.3. The Kier molecular flexibility index (Phi) is 4.81.